The molecule has 1 aromatic carbocycles. The molecule has 0 aliphatic rings. The Labute approximate surface area is 215 Å². The van der Waals surface area contributed by atoms with Crippen LogP contribution >= 0.6 is 0 Å². The van der Waals surface area contributed by atoms with Gasteiger partial charge in [-0.1, -0.05) is 18.2 Å². The predicted molar refractivity (Wildman–Crippen MR) is 131 cm³/mol. The Morgan fingerprint density at radius 2 is 1.50 bits per heavy atom. The van der Waals surface area contributed by atoms with E-state index in [1.54, 1.807) is 30.5 Å². The summed E-state index contributed by atoms with van der Waals surface area (Å²) in [5, 5.41) is 35.6. The third-order valence-electron chi connectivity index (χ3n) is 5.58. The molecule has 1 heterocycles. The molecular weight excluding hydrogens is 504 g/mol. The van der Waals surface area contributed by atoms with Crippen molar-refractivity contribution in [1.29, 1.82) is 0 Å². The minimum absolute atomic E-state index is 0.127. The fourth-order valence-corrected chi connectivity index (χ4v) is 3.55. The quantitative estimate of drug-likeness (QED) is 0.114. The molecule has 4 unspecified atom stereocenters. The second kappa shape index (κ2) is 13.7. The molecule has 0 saturated carbocycles. The van der Waals surface area contributed by atoms with E-state index < -0.39 is 72.8 Å². The van der Waals surface area contributed by atoms with Crippen LogP contribution in [-0.4, -0.2) is 86.6 Å². The molecule has 15 heteroatoms. The van der Waals surface area contributed by atoms with Gasteiger partial charge in [-0.2, -0.15) is 0 Å². The Hall–Kier alpha value is -4.50. The van der Waals surface area contributed by atoms with Gasteiger partial charge in [-0.05, 0) is 18.1 Å². The van der Waals surface area contributed by atoms with E-state index in [9.17, 15) is 44.1 Å². The van der Waals surface area contributed by atoms with Gasteiger partial charge < -0.3 is 47.7 Å². The smallest absolute Gasteiger partial charge is 0.326 e. The van der Waals surface area contributed by atoms with E-state index in [2.05, 4.69) is 20.9 Å². The zero-order chi connectivity index (χ0) is 28.4. The van der Waals surface area contributed by atoms with Crippen molar-refractivity contribution >= 4 is 46.5 Å². The third kappa shape index (κ3) is 8.56. The number of primary amides is 1. The monoisotopic (exact) mass is 534 g/mol. The Kier molecular flexibility index (Phi) is 10.7. The summed E-state index contributed by atoms with van der Waals surface area (Å²) in [7, 11) is 0. The number of hydrogen-bond acceptors (Lipinski definition) is 8. The Morgan fingerprint density at radius 1 is 0.895 bits per heavy atom. The van der Waals surface area contributed by atoms with Crippen molar-refractivity contribution in [3.63, 3.8) is 0 Å². The average molecular weight is 535 g/mol. The molecule has 0 saturated heterocycles. The molecule has 0 aliphatic carbocycles. The Bertz CT molecular complexity index is 1200. The van der Waals surface area contributed by atoms with Crippen LogP contribution < -0.4 is 27.4 Å². The highest BCUT2D eigenvalue weighted by molar-refractivity contribution is 5.96. The number of H-pyrrole nitrogens is 1. The first-order chi connectivity index (χ1) is 17.9. The van der Waals surface area contributed by atoms with Crippen LogP contribution in [0.3, 0.4) is 0 Å². The van der Waals surface area contributed by atoms with Gasteiger partial charge in [0.15, 0.2) is 0 Å². The lowest BCUT2D eigenvalue weighted by molar-refractivity contribution is -0.143. The van der Waals surface area contributed by atoms with Crippen LogP contribution in [0.2, 0.25) is 0 Å². The van der Waals surface area contributed by atoms with E-state index in [0.717, 1.165) is 10.9 Å². The zero-order valence-corrected chi connectivity index (χ0v) is 20.2. The number of carboxylic acids is 2. The highest BCUT2D eigenvalue weighted by atomic mass is 16.4. The SMILES string of the molecule is NC(=O)CCC(N)C(=O)NC(CO)C(=O)NC(CC(=O)O)C(=O)NC(Cc1c[nH]c2ccccc12)C(=O)O. The van der Waals surface area contributed by atoms with E-state index in [4.69, 9.17) is 11.5 Å². The van der Waals surface area contributed by atoms with Gasteiger partial charge in [0.2, 0.25) is 23.6 Å². The number of aliphatic carboxylic acids is 2. The van der Waals surface area contributed by atoms with Gasteiger partial charge in [-0.25, -0.2) is 4.79 Å². The number of nitrogens with two attached hydrogens (primary N) is 2. The average Bonchev–Trinajstić information content (AvgIpc) is 3.27. The van der Waals surface area contributed by atoms with E-state index >= 15 is 0 Å². The first-order valence-corrected chi connectivity index (χ1v) is 11.5. The first-order valence-electron chi connectivity index (χ1n) is 11.5. The Morgan fingerprint density at radius 3 is 2.11 bits per heavy atom. The summed E-state index contributed by atoms with van der Waals surface area (Å²) in [5.74, 6) is -6.69. The topological polar surface area (TPSA) is 267 Å². The van der Waals surface area contributed by atoms with E-state index in [1.807, 2.05) is 0 Å². The fourth-order valence-electron chi connectivity index (χ4n) is 3.55. The zero-order valence-electron chi connectivity index (χ0n) is 20.2. The standard InChI is InChI=1S/C23H30N6O9/c24-13(5-6-18(25)31)20(34)29-17(10-30)22(36)27-15(8-19(32)33)21(35)28-16(23(37)38)7-11-9-26-14-4-2-1-3-12(11)14/h1-4,9,13,15-17,26,30H,5-8,10,24H2,(H2,25,31)(H,27,36)(H,28,35)(H,29,34)(H,32,33)(H,37,38). The summed E-state index contributed by atoms with van der Waals surface area (Å²) < 4.78 is 0. The summed E-state index contributed by atoms with van der Waals surface area (Å²) in [6.07, 6.45) is 0.206. The van der Waals surface area contributed by atoms with Gasteiger partial charge in [0.1, 0.15) is 18.1 Å². The lowest BCUT2D eigenvalue weighted by atomic mass is 10.0. The first kappa shape index (κ1) is 29.7. The number of para-hydroxylation sites is 1. The Balaban J connectivity index is 2.10. The number of nitrogens with one attached hydrogen (secondary N) is 4. The van der Waals surface area contributed by atoms with Crippen molar-refractivity contribution in [2.24, 2.45) is 11.5 Å². The summed E-state index contributed by atoms with van der Waals surface area (Å²) in [5.41, 5.74) is 12.0. The fraction of sp³-hybridized carbons (Fsp3) is 0.391. The van der Waals surface area contributed by atoms with Crippen molar-refractivity contribution < 1.29 is 44.1 Å². The number of fused-ring (bicyclic) bond motifs is 1. The molecule has 0 bridgehead atoms. The number of carbonyl (C=O) groups is 6. The number of aliphatic hydroxyl groups is 1. The maximum absolute atomic E-state index is 12.8. The molecule has 11 N–H and O–H groups in total. The van der Waals surface area contributed by atoms with Crippen LogP contribution in [0.1, 0.15) is 24.8 Å². The number of benzene rings is 1. The summed E-state index contributed by atoms with van der Waals surface area (Å²) in [6.45, 7) is -0.931. The molecule has 1 aromatic heterocycles. The van der Waals surface area contributed by atoms with E-state index in [1.165, 1.54) is 0 Å². The number of carboxylic acid groups (broad SMARTS) is 2. The lowest BCUT2D eigenvalue weighted by Crippen LogP contribution is -2.58. The second-order valence-electron chi connectivity index (χ2n) is 8.48. The number of carbonyl (C=O) groups excluding carboxylic acids is 4. The third-order valence-corrected chi connectivity index (χ3v) is 5.58. The van der Waals surface area contributed by atoms with Gasteiger partial charge in [-0.15, -0.1) is 0 Å². The molecule has 4 atom stereocenters. The summed E-state index contributed by atoms with van der Waals surface area (Å²) in [6, 6.07) is 1.04. The molecule has 0 fully saturated rings. The molecule has 0 aliphatic heterocycles. The van der Waals surface area contributed by atoms with Gasteiger partial charge >= 0.3 is 11.9 Å². The molecule has 0 spiro atoms. The number of rotatable bonds is 15. The minimum atomic E-state index is -1.74. The molecule has 4 amide bonds. The lowest BCUT2D eigenvalue weighted by Gasteiger charge is -2.23. The van der Waals surface area contributed by atoms with Crippen molar-refractivity contribution in [2.75, 3.05) is 6.61 Å². The van der Waals surface area contributed by atoms with Crippen LogP contribution in [0.15, 0.2) is 30.5 Å². The van der Waals surface area contributed by atoms with Gasteiger partial charge in [0.05, 0.1) is 19.1 Å². The number of amides is 4. The van der Waals surface area contributed by atoms with Gasteiger partial charge in [0.25, 0.3) is 0 Å². The highest BCUT2D eigenvalue weighted by Crippen LogP contribution is 2.19. The summed E-state index contributed by atoms with van der Waals surface area (Å²) in [4.78, 5) is 74.7. The molecule has 38 heavy (non-hydrogen) atoms. The van der Waals surface area contributed by atoms with Crippen LogP contribution in [0.4, 0.5) is 0 Å². The van der Waals surface area contributed by atoms with Crippen LogP contribution in [0.25, 0.3) is 10.9 Å². The maximum Gasteiger partial charge on any atom is 0.326 e. The van der Waals surface area contributed by atoms with Crippen molar-refractivity contribution in [1.82, 2.24) is 20.9 Å². The van der Waals surface area contributed by atoms with Gasteiger partial charge in [-0.3, -0.25) is 24.0 Å². The normalized spacial score (nSPS) is 14.1. The minimum Gasteiger partial charge on any atom is -0.481 e. The molecule has 2 rings (SSSR count). The predicted octanol–water partition coefficient (Wildman–Crippen LogP) is -2.69. The number of aliphatic hydroxyl groups excluding tert-OH is 1. The van der Waals surface area contributed by atoms with Crippen molar-refractivity contribution in [3.05, 3.63) is 36.0 Å². The molecular formula is C23H30N6O9. The summed E-state index contributed by atoms with van der Waals surface area (Å²) >= 11 is 0. The van der Waals surface area contributed by atoms with Gasteiger partial charge in [0, 0.05) is 29.9 Å². The molecule has 2 aromatic rings. The van der Waals surface area contributed by atoms with Crippen LogP contribution in [0.5, 0.6) is 0 Å². The number of aromatic amines is 1. The van der Waals surface area contributed by atoms with E-state index in [0.29, 0.717) is 5.56 Å². The van der Waals surface area contributed by atoms with Crippen molar-refractivity contribution in [3.8, 4) is 0 Å². The van der Waals surface area contributed by atoms with Crippen LogP contribution in [-0.2, 0) is 35.2 Å². The maximum atomic E-state index is 12.8. The number of hydrogen-bond donors (Lipinski definition) is 9. The highest BCUT2D eigenvalue weighted by Gasteiger charge is 2.31. The largest absolute Gasteiger partial charge is 0.481 e. The molecule has 206 valence electrons. The molecule has 0 radical (unpaired) electrons. The number of aromatic nitrogens is 1. The molecule has 15 nitrogen and oxygen atoms in total. The van der Waals surface area contributed by atoms with Crippen LogP contribution in [0, 0.1) is 0 Å². The van der Waals surface area contributed by atoms with E-state index in [-0.39, 0.29) is 19.3 Å². The second-order valence-corrected chi connectivity index (χ2v) is 8.48. The van der Waals surface area contributed by atoms with Crippen molar-refractivity contribution in [2.45, 2.75) is 49.9 Å².